The van der Waals surface area contributed by atoms with Crippen molar-refractivity contribution in [1.29, 1.82) is 0 Å². The number of carbonyl (C=O) groups is 1. The topological polar surface area (TPSA) is 41.6 Å². The molecule has 0 aliphatic carbocycles. The van der Waals surface area contributed by atoms with Gasteiger partial charge in [0, 0.05) is 37.9 Å². The zero-order valence-electron chi connectivity index (χ0n) is 13.1. The van der Waals surface area contributed by atoms with Crippen LogP contribution in [0.1, 0.15) is 31.7 Å². The van der Waals surface area contributed by atoms with Crippen molar-refractivity contribution < 1.29 is 22.7 Å². The Balaban J connectivity index is 1.90. The zero-order valence-corrected chi connectivity index (χ0v) is 13.1. The van der Waals surface area contributed by atoms with E-state index in [1.165, 1.54) is 0 Å². The van der Waals surface area contributed by atoms with Gasteiger partial charge in [0.05, 0.1) is 6.10 Å². The van der Waals surface area contributed by atoms with Crippen molar-refractivity contribution in [3.8, 4) is 0 Å². The van der Waals surface area contributed by atoms with Crippen molar-refractivity contribution in [2.75, 3.05) is 19.7 Å². The van der Waals surface area contributed by atoms with E-state index in [9.17, 15) is 18.0 Å². The molecule has 1 aliphatic rings. The van der Waals surface area contributed by atoms with E-state index in [2.05, 4.69) is 5.32 Å². The summed E-state index contributed by atoms with van der Waals surface area (Å²) in [6.07, 6.45) is 3.02. The van der Waals surface area contributed by atoms with Crippen LogP contribution < -0.4 is 5.32 Å². The summed E-state index contributed by atoms with van der Waals surface area (Å²) in [5.41, 5.74) is -0.0952. The van der Waals surface area contributed by atoms with Crippen molar-refractivity contribution >= 4 is 6.03 Å². The van der Waals surface area contributed by atoms with Gasteiger partial charge in [0.2, 0.25) is 0 Å². The summed E-state index contributed by atoms with van der Waals surface area (Å²) in [6.45, 7) is 3.27. The van der Waals surface area contributed by atoms with Crippen LogP contribution in [0.15, 0.2) is 12.1 Å². The highest BCUT2D eigenvalue weighted by atomic mass is 19.2. The third kappa shape index (κ3) is 4.86. The molecule has 4 nitrogen and oxygen atoms in total. The number of nitrogens with zero attached hydrogens (tertiary/aromatic N) is 1. The van der Waals surface area contributed by atoms with Crippen molar-refractivity contribution in [3.05, 3.63) is 35.1 Å². The molecule has 1 aliphatic heterocycles. The summed E-state index contributed by atoms with van der Waals surface area (Å²) < 4.78 is 45.2. The van der Waals surface area contributed by atoms with Gasteiger partial charge in [-0.1, -0.05) is 0 Å². The lowest BCUT2D eigenvalue weighted by Crippen LogP contribution is -2.44. The fourth-order valence-electron chi connectivity index (χ4n) is 2.53. The largest absolute Gasteiger partial charge is 0.376 e. The van der Waals surface area contributed by atoms with Gasteiger partial charge in [-0.2, -0.15) is 0 Å². The van der Waals surface area contributed by atoms with E-state index >= 15 is 0 Å². The maximum Gasteiger partial charge on any atom is 0.317 e. The Kier molecular flexibility index (Phi) is 6.27. The molecule has 2 rings (SSSR count). The monoisotopic (exact) mass is 330 g/mol. The molecule has 1 N–H and O–H groups in total. The predicted molar refractivity (Wildman–Crippen MR) is 79.4 cm³/mol. The van der Waals surface area contributed by atoms with Crippen LogP contribution in [0.25, 0.3) is 0 Å². The van der Waals surface area contributed by atoms with Gasteiger partial charge in [-0.3, -0.25) is 0 Å². The fourth-order valence-corrected chi connectivity index (χ4v) is 2.53. The van der Waals surface area contributed by atoms with Crippen LogP contribution in [0.2, 0.25) is 0 Å². The van der Waals surface area contributed by atoms with E-state index in [1.54, 1.807) is 4.90 Å². The number of hydrogen-bond acceptors (Lipinski definition) is 2. The maximum absolute atomic E-state index is 13.5. The predicted octanol–water partition coefficient (Wildman–Crippen LogP) is 3.20. The number of carbonyl (C=O) groups excluding carboxylic acids is 1. The van der Waals surface area contributed by atoms with Crippen LogP contribution in [-0.2, 0) is 11.3 Å². The molecule has 0 aromatic heterocycles. The minimum Gasteiger partial charge on any atom is -0.376 e. The summed E-state index contributed by atoms with van der Waals surface area (Å²) in [6, 6.07) is 0.848. The van der Waals surface area contributed by atoms with Crippen molar-refractivity contribution in [3.63, 3.8) is 0 Å². The van der Waals surface area contributed by atoms with Gasteiger partial charge >= 0.3 is 6.03 Å². The molecular weight excluding hydrogens is 309 g/mol. The van der Waals surface area contributed by atoms with E-state index in [-0.39, 0.29) is 24.2 Å². The average Bonchev–Trinajstić information content (AvgIpc) is 2.55. The summed E-state index contributed by atoms with van der Waals surface area (Å²) in [7, 11) is 0. The normalized spacial score (nSPS) is 17.8. The number of benzene rings is 1. The maximum atomic E-state index is 13.5. The quantitative estimate of drug-likeness (QED) is 0.843. The summed E-state index contributed by atoms with van der Waals surface area (Å²) in [4.78, 5) is 13.7. The molecule has 7 heteroatoms. The molecule has 1 saturated heterocycles. The molecule has 0 saturated carbocycles. The van der Waals surface area contributed by atoms with Gasteiger partial charge < -0.3 is 15.0 Å². The summed E-state index contributed by atoms with van der Waals surface area (Å²) in [5.74, 6) is -3.27. The number of nitrogens with one attached hydrogen (secondary N) is 1. The third-order valence-electron chi connectivity index (χ3n) is 3.89. The lowest BCUT2D eigenvalue weighted by molar-refractivity contribution is 0.00132. The third-order valence-corrected chi connectivity index (χ3v) is 3.89. The first-order chi connectivity index (χ1) is 11.0. The standard InChI is InChI=1S/C16H21F3N2O2/c1-2-21(10-12-5-3-4-6-23-12)16(22)20-9-11-7-14(18)15(19)8-13(11)17/h7-8,12H,2-6,9-10H2,1H3,(H,20,22)/t12-/m1/s1. The highest BCUT2D eigenvalue weighted by Gasteiger charge is 2.20. The SMILES string of the molecule is CCN(C[C@H]1CCCCO1)C(=O)NCc1cc(F)c(F)cc1F. The number of likely N-dealkylation sites (N-methyl/N-ethyl adjacent to an activating group) is 1. The number of rotatable bonds is 5. The number of urea groups is 1. The van der Waals surface area contributed by atoms with Crippen molar-refractivity contribution in [2.24, 2.45) is 0 Å². The Morgan fingerprint density at radius 3 is 2.65 bits per heavy atom. The molecule has 1 heterocycles. The Labute approximate surface area is 133 Å². The summed E-state index contributed by atoms with van der Waals surface area (Å²) >= 11 is 0. The molecule has 0 unspecified atom stereocenters. The van der Waals surface area contributed by atoms with E-state index in [0.717, 1.165) is 25.3 Å². The van der Waals surface area contributed by atoms with Gasteiger partial charge in [-0.15, -0.1) is 0 Å². The van der Waals surface area contributed by atoms with Gasteiger partial charge in [-0.05, 0) is 32.3 Å². The molecule has 1 fully saturated rings. The molecule has 2 amide bonds. The van der Waals surface area contributed by atoms with Crippen LogP contribution in [0, 0.1) is 17.5 Å². The van der Waals surface area contributed by atoms with Crippen LogP contribution in [0.5, 0.6) is 0 Å². The van der Waals surface area contributed by atoms with E-state index in [1.807, 2.05) is 6.92 Å². The van der Waals surface area contributed by atoms with Gasteiger partial charge in [-0.25, -0.2) is 18.0 Å². The minimum atomic E-state index is -1.25. The molecule has 1 aromatic rings. The minimum absolute atomic E-state index is 0.00875. The lowest BCUT2D eigenvalue weighted by atomic mass is 10.1. The molecule has 0 spiro atoms. The van der Waals surface area contributed by atoms with E-state index < -0.39 is 17.5 Å². The van der Waals surface area contributed by atoms with Crippen LogP contribution in [-0.4, -0.2) is 36.7 Å². The number of hydrogen-bond donors (Lipinski definition) is 1. The number of halogens is 3. The zero-order chi connectivity index (χ0) is 16.8. The number of amides is 2. The second-order valence-corrected chi connectivity index (χ2v) is 5.54. The van der Waals surface area contributed by atoms with Crippen LogP contribution >= 0.6 is 0 Å². The van der Waals surface area contributed by atoms with Crippen LogP contribution in [0.4, 0.5) is 18.0 Å². The van der Waals surface area contributed by atoms with Gasteiger partial charge in [0.15, 0.2) is 11.6 Å². The van der Waals surface area contributed by atoms with E-state index in [0.29, 0.717) is 25.8 Å². The Morgan fingerprint density at radius 2 is 2.00 bits per heavy atom. The molecule has 1 atom stereocenters. The highest BCUT2D eigenvalue weighted by Crippen LogP contribution is 2.15. The van der Waals surface area contributed by atoms with E-state index in [4.69, 9.17) is 4.74 Å². The molecule has 23 heavy (non-hydrogen) atoms. The molecule has 128 valence electrons. The first-order valence-corrected chi connectivity index (χ1v) is 7.79. The first-order valence-electron chi connectivity index (χ1n) is 7.79. The Morgan fingerprint density at radius 1 is 1.26 bits per heavy atom. The Hall–Kier alpha value is -1.76. The summed E-state index contributed by atoms with van der Waals surface area (Å²) in [5, 5.41) is 2.53. The smallest absolute Gasteiger partial charge is 0.317 e. The Bertz CT molecular complexity index is 548. The second-order valence-electron chi connectivity index (χ2n) is 5.54. The average molecular weight is 330 g/mol. The lowest BCUT2D eigenvalue weighted by Gasteiger charge is -2.29. The molecule has 1 aromatic carbocycles. The fraction of sp³-hybridized carbons (Fsp3) is 0.562. The second kappa shape index (κ2) is 8.19. The molecule has 0 radical (unpaired) electrons. The number of ether oxygens (including phenoxy) is 1. The van der Waals surface area contributed by atoms with Crippen molar-refractivity contribution in [1.82, 2.24) is 10.2 Å². The van der Waals surface area contributed by atoms with Crippen molar-refractivity contribution in [2.45, 2.75) is 38.8 Å². The van der Waals surface area contributed by atoms with Gasteiger partial charge in [0.1, 0.15) is 5.82 Å². The molecular formula is C16H21F3N2O2. The molecule has 0 bridgehead atoms. The van der Waals surface area contributed by atoms with Gasteiger partial charge in [0.25, 0.3) is 0 Å². The first kappa shape index (κ1) is 17.6. The highest BCUT2D eigenvalue weighted by molar-refractivity contribution is 5.74. The van der Waals surface area contributed by atoms with Crippen LogP contribution in [0.3, 0.4) is 0 Å².